The number of carbonyl (C=O) groups is 1. The van der Waals surface area contributed by atoms with E-state index in [2.05, 4.69) is 4.98 Å². The number of piperidine rings is 1. The van der Waals surface area contributed by atoms with Crippen molar-refractivity contribution >= 4 is 45.0 Å². The van der Waals surface area contributed by atoms with Crippen LogP contribution in [0.2, 0.25) is 5.02 Å². The first-order valence-corrected chi connectivity index (χ1v) is 12.4. The summed E-state index contributed by atoms with van der Waals surface area (Å²) in [6.07, 6.45) is 5.19. The quantitative estimate of drug-likeness (QED) is 0.649. The Bertz CT molecular complexity index is 1020. The van der Waals surface area contributed by atoms with Gasteiger partial charge < -0.3 is 4.90 Å². The van der Waals surface area contributed by atoms with Crippen LogP contribution in [0.5, 0.6) is 0 Å². The van der Waals surface area contributed by atoms with Crippen molar-refractivity contribution < 1.29 is 13.2 Å². The molecule has 0 aliphatic carbocycles. The number of amides is 1. The van der Waals surface area contributed by atoms with Crippen LogP contribution in [0.1, 0.15) is 24.8 Å². The van der Waals surface area contributed by atoms with Crippen molar-refractivity contribution in [3.05, 3.63) is 47.1 Å². The largest absolute Gasteiger partial charge is 0.311 e. The second-order valence-electron chi connectivity index (χ2n) is 7.13. The molecule has 0 radical (unpaired) electrons. The summed E-state index contributed by atoms with van der Waals surface area (Å²) in [5, 5.41) is 1.16. The van der Waals surface area contributed by atoms with Gasteiger partial charge in [0.2, 0.25) is 15.9 Å². The molecular weight excluding hydrogens is 430 g/mol. The first kappa shape index (κ1) is 20.7. The lowest BCUT2D eigenvalue weighted by molar-refractivity contribution is -0.116. The van der Waals surface area contributed by atoms with Crippen LogP contribution in [0.4, 0.5) is 5.69 Å². The van der Waals surface area contributed by atoms with Gasteiger partial charge in [-0.2, -0.15) is 4.31 Å². The molecule has 4 rings (SSSR count). The van der Waals surface area contributed by atoms with Gasteiger partial charge in [0.15, 0.2) is 0 Å². The summed E-state index contributed by atoms with van der Waals surface area (Å²) in [7, 11) is -3.47. The smallest absolute Gasteiger partial charge is 0.243 e. The monoisotopic (exact) mass is 451 g/mol. The molecule has 0 unspecified atom stereocenters. The summed E-state index contributed by atoms with van der Waals surface area (Å²) >= 11 is 7.41. The van der Waals surface area contributed by atoms with Crippen LogP contribution < -0.4 is 4.90 Å². The van der Waals surface area contributed by atoms with Gasteiger partial charge in [0.25, 0.3) is 0 Å². The van der Waals surface area contributed by atoms with Crippen molar-refractivity contribution in [3.63, 3.8) is 0 Å². The summed E-state index contributed by atoms with van der Waals surface area (Å²) in [5.41, 5.74) is 1.69. The Balaban J connectivity index is 1.48. The van der Waals surface area contributed by atoms with E-state index in [0.29, 0.717) is 41.0 Å². The van der Waals surface area contributed by atoms with Crippen LogP contribution in [-0.2, 0) is 21.2 Å². The molecule has 1 aromatic heterocycles. The molecule has 3 heterocycles. The number of fused-ring (bicyclic) bond motifs is 1. The van der Waals surface area contributed by atoms with Crippen LogP contribution in [0.15, 0.2) is 46.5 Å². The fourth-order valence-electron chi connectivity index (χ4n) is 3.74. The third kappa shape index (κ3) is 4.30. The molecule has 29 heavy (non-hydrogen) atoms. The first-order chi connectivity index (χ1) is 14.0. The van der Waals surface area contributed by atoms with Gasteiger partial charge in [-0.15, -0.1) is 0 Å². The topological polar surface area (TPSA) is 70.6 Å². The van der Waals surface area contributed by atoms with E-state index in [0.717, 1.165) is 30.5 Å². The molecule has 0 spiro atoms. The molecule has 9 heteroatoms. The molecular formula is C20H22ClN3O3S2. The fraction of sp³-hybridized carbons (Fsp3) is 0.400. The molecule has 0 bridgehead atoms. The van der Waals surface area contributed by atoms with Gasteiger partial charge in [-0.05, 0) is 55.2 Å². The van der Waals surface area contributed by atoms with Crippen LogP contribution in [0.3, 0.4) is 0 Å². The Morgan fingerprint density at radius 1 is 1.14 bits per heavy atom. The van der Waals surface area contributed by atoms with E-state index in [-0.39, 0.29) is 11.7 Å². The van der Waals surface area contributed by atoms with Gasteiger partial charge in [-0.1, -0.05) is 29.8 Å². The van der Waals surface area contributed by atoms with E-state index in [9.17, 15) is 13.2 Å². The lowest BCUT2D eigenvalue weighted by Gasteiger charge is -2.26. The molecule has 0 atom stereocenters. The van der Waals surface area contributed by atoms with E-state index in [1.165, 1.54) is 11.8 Å². The zero-order chi connectivity index (χ0) is 20.4. The third-order valence-corrected chi connectivity index (χ3v) is 8.56. The predicted octanol–water partition coefficient (Wildman–Crippen LogP) is 3.59. The molecule has 1 fully saturated rings. The molecule has 2 aliphatic rings. The minimum atomic E-state index is -3.47. The SMILES string of the molecule is O=C(CSc1ncccc1Cl)N1CCc2cc(S(=O)(=O)N3CCCCC3)ccc21. The Morgan fingerprint density at radius 2 is 1.93 bits per heavy atom. The van der Waals surface area contributed by atoms with Crippen molar-refractivity contribution in [1.82, 2.24) is 9.29 Å². The molecule has 6 nitrogen and oxygen atoms in total. The minimum absolute atomic E-state index is 0.0397. The van der Waals surface area contributed by atoms with Gasteiger partial charge in [0.05, 0.1) is 15.7 Å². The number of anilines is 1. The maximum atomic E-state index is 12.9. The summed E-state index contributed by atoms with van der Waals surface area (Å²) < 4.78 is 27.4. The zero-order valence-electron chi connectivity index (χ0n) is 15.9. The third-order valence-electron chi connectivity index (χ3n) is 5.26. The molecule has 0 N–H and O–H groups in total. The van der Waals surface area contributed by atoms with Crippen LogP contribution in [-0.4, -0.2) is 49.0 Å². The highest BCUT2D eigenvalue weighted by Gasteiger charge is 2.30. The molecule has 2 aromatic rings. The van der Waals surface area contributed by atoms with Crippen molar-refractivity contribution in [2.75, 3.05) is 30.3 Å². The van der Waals surface area contributed by atoms with Gasteiger partial charge >= 0.3 is 0 Å². The highest BCUT2D eigenvalue weighted by atomic mass is 35.5. The molecule has 2 aliphatic heterocycles. The highest BCUT2D eigenvalue weighted by molar-refractivity contribution is 8.00. The summed E-state index contributed by atoms with van der Waals surface area (Å²) in [6, 6.07) is 8.61. The van der Waals surface area contributed by atoms with Gasteiger partial charge in [-0.3, -0.25) is 4.79 Å². The second-order valence-corrected chi connectivity index (χ2v) is 10.4. The van der Waals surface area contributed by atoms with Gasteiger partial charge in [-0.25, -0.2) is 13.4 Å². The molecule has 0 saturated carbocycles. The first-order valence-electron chi connectivity index (χ1n) is 9.63. The average Bonchev–Trinajstić information content (AvgIpc) is 3.17. The molecule has 154 valence electrons. The van der Waals surface area contributed by atoms with E-state index in [4.69, 9.17) is 11.6 Å². The number of benzene rings is 1. The maximum Gasteiger partial charge on any atom is 0.243 e. The van der Waals surface area contributed by atoms with Crippen molar-refractivity contribution in [2.24, 2.45) is 0 Å². The minimum Gasteiger partial charge on any atom is -0.311 e. The Labute approximate surface area is 180 Å². The van der Waals surface area contributed by atoms with Crippen LogP contribution in [0.25, 0.3) is 0 Å². The summed E-state index contributed by atoms with van der Waals surface area (Å²) in [5.74, 6) is 0.186. The Morgan fingerprint density at radius 3 is 2.69 bits per heavy atom. The number of sulfonamides is 1. The molecule has 1 aromatic carbocycles. The number of hydrogen-bond donors (Lipinski definition) is 0. The lowest BCUT2D eigenvalue weighted by Crippen LogP contribution is -2.35. The van der Waals surface area contributed by atoms with Crippen molar-refractivity contribution in [1.29, 1.82) is 0 Å². The van der Waals surface area contributed by atoms with E-state index < -0.39 is 10.0 Å². The van der Waals surface area contributed by atoms with Crippen LogP contribution >= 0.6 is 23.4 Å². The Hall–Kier alpha value is -1.61. The molecule has 1 amide bonds. The van der Waals surface area contributed by atoms with Crippen LogP contribution in [0, 0.1) is 0 Å². The van der Waals surface area contributed by atoms with E-state index in [1.54, 1.807) is 45.7 Å². The second kappa shape index (κ2) is 8.63. The van der Waals surface area contributed by atoms with Crippen molar-refractivity contribution in [3.8, 4) is 0 Å². The van der Waals surface area contributed by atoms with Gasteiger partial charge in [0.1, 0.15) is 5.03 Å². The normalized spacial score (nSPS) is 17.3. The number of thioether (sulfide) groups is 1. The van der Waals surface area contributed by atoms with Crippen molar-refractivity contribution in [2.45, 2.75) is 35.6 Å². The number of carbonyl (C=O) groups excluding carboxylic acids is 1. The average molecular weight is 452 g/mol. The van der Waals surface area contributed by atoms with Gasteiger partial charge in [0, 0.05) is 31.5 Å². The summed E-state index contributed by atoms with van der Waals surface area (Å²) in [6.45, 7) is 1.71. The number of rotatable bonds is 5. The summed E-state index contributed by atoms with van der Waals surface area (Å²) in [4.78, 5) is 19.0. The Kier molecular flexibility index (Phi) is 6.15. The lowest BCUT2D eigenvalue weighted by atomic mass is 10.2. The number of nitrogens with zero attached hydrogens (tertiary/aromatic N) is 3. The molecule has 1 saturated heterocycles. The zero-order valence-corrected chi connectivity index (χ0v) is 18.3. The highest BCUT2D eigenvalue weighted by Crippen LogP contribution is 2.33. The maximum absolute atomic E-state index is 12.9. The number of halogens is 1. The number of aromatic nitrogens is 1. The van der Waals surface area contributed by atoms with E-state index >= 15 is 0 Å². The number of hydrogen-bond acceptors (Lipinski definition) is 5. The predicted molar refractivity (Wildman–Crippen MR) is 115 cm³/mol. The standard InChI is InChI=1S/C20H22ClN3O3S2/c21-17-5-4-9-22-20(17)28-14-19(25)24-12-8-15-13-16(6-7-18(15)24)29(26,27)23-10-2-1-3-11-23/h4-7,9,13H,1-3,8,10-12,14H2. The van der Waals surface area contributed by atoms with E-state index in [1.807, 2.05) is 0 Å². The fourth-order valence-corrected chi connectivity index (χ4v) is 6.35. The number of pyridine rings is 1.